The molecule has 16 heavy (non-hydrogen) atoms. The van der Waals surface area contributed by atoms with Crippen LogP contribution in [0, 0.1) is 0 Å². The van der Waals surface area contributed by atoms with Crippen molar-refractivity contribution in [3.63, 3.8) is 0 Å². The Labute approximate surface area is 101 Å². The molecule has 0 saturated heterocycles. The van der Waals surface area contributed by atoms with Crippen LogP contribution >= 0.6 is 11.6 Å². The largest absolute Gasteiger partial charge is 0.272 e. The lowest BCUT2D eigenvalue weighted by Gasteiger charge is -2.14. The quantitative estimate of drug-likeness (QED) is 0.804. The predicted molar refractivity (Wildman–Crippen MR) is 65.9 cm³/mol. The molecule has 1 aromatic carbocycles. The number of benzene rings is 1. The predicted octanol–water partition coefficient (Wildman–Crippen LogP) is 3.82. The van der Waals surface area contributed by atoms with Gasteiger partial charge in [0.1, 0.15) is 0 Å². The van der Waals surface area contributed by atoms with E-state index in [1.807, 2.05) is 24.3 Å². The van der Waals surface area contributed by atoms with E-state index in [0.29, 0.717) is 6.61 Å². The first-order valence-electron chi connectivity index (χ1n) is 5.66. The molecule has 0 amide bonds. The third-order valence-corrected chi connectivity index (χ3v) is 2.90. The van der Waals surface area contributed by atoms with E-state index in [4.69, 9.17) is 16.4 Å². The van der Waals surface area contributed by atoms with Crippen molar-refractivity contribution in [2.24, 2.45) is 0 Å². The SMILES string of the molecule is Clc1ccc(CONC2=CCCCC2)cc1. The maximum atomic E-state index is 5.80. The van der Waals surface area contributed by atoms with Gasteiger partial charge in [0.25, 0.3) is 0 Å². The van der Waals surface area contributed by atoms with Gasteiger partial charge in [0, 0.05) is 10.7 Å². The summed E-state index contributed by atoms with van der Waals surface area (Å²) in [5, 5.41) is 0.756. The van der Waals surface area contributed by atoms with Crippen LogP contribution in [0.4, 0.5) is 0 Å². The van der Waals surface area contributed by atoms with Gasteiger partial charge < -0.3 is 0 Å². The van der Waals surface area contributed by atoms with Crippen molar-refractivity contribution in [3.8, 4) is 0 Å². The normalized spacial score (nSPS) is 15.7. The Hall–Kier alpha value is -0.990. The smallest absolute Gasteiger partial charge is 0.0996 e. The zero-order chi connectivity index (χ0) is 11.2. The maximum absolute atomic E-state index is 5.80. The minimum atomic E-state index is 0.564. The van der Waals surface area contributed by atoms with Gasteiger partial charge in [-0.15, -0.1) is 0 Å². The number of hydroxylamine groups is 1. The first kappa shape index (κ1) is 11.5. The van der Waals surface area contributed by atoms with Crippen LogP contribution in [0.2, 0.25) is 5.02 Å². The highest BCUT2D eigenvalue weighted by atomic mass is 35.5. The summed E-state index contributed by atoms with van der Waals surface area (Å²) >= 11 is 5.80. The molecule has 2 rings (SSSR count). The fourth-order valence-corrected chi connectivity index (χ4v) is 1.85. The fourth-order valence-electron chi connectivity index (χ4n) is 1.72. The summed E-state index contributed by atoms with van der Waals surface area (Å²) in [5.41, 5.74) is 5.34. The molecule has 1 aromatic rings. The zero-order valence-electron chi connectivity index (χ0n) is 9.21. The van der Waals surface area contributed by atoms with E-state index in [2.05, 4.69) is 11.6 Å². The van der Waals surface area contributed by atoms with Gasteiger partial charge in [0.2, 0.25) is 0 Å². The molecule has 0 unspecified atom stereocenters. The molecule has 0 aromatic heterocycles. The lowest BCUT2D eigenvalue weighted by molar-refractivity contribution is 0.0458. The van der Waals surface area contributed by atoms with E-state index >= 15 is 0 Å². The Balaban J connectivity index is 1.75. The van der Waals surface area contributed by atoms with E-state index in [1.54, 1.807) is 0 Å². The minimum Gasteiger partial charge on any atom is -0.272 e. The van der Waals surface area contributed by atoms with E-state index in [0.717, 1.165) is 23.4 Å². The van der Waals surface area contributed by atoms with Gasteiger partial charge in [-0.3, -0.25) is 10.3 Å². The van der Waals surface area contributed by atoms with E-state index in [-0.39, 0.29) is 0 Å². The Morgan fingerprint density at radius 2 is 2.00 bits per heavy atom. The molecule has 0 aliphatic heterocycles. The van der Waals surface area contributed by atoms with Crippen LogP contribution in [0.25, 0.3) is 0 Å². The lowest BCUT2D eigenvalue weighted by Crippen LogP contribution is -2.15. The van der Waals surface area contributed by atoms with Crippen LogP contribution in [0.3, 0.4) is 0 Å². The van der Waals surface area contributed by atoms with Gasteiger partial charge in [-0.2, -0.15) is 0 Å². The van der Waals surface area contributed by atoms with Crippen molar-refractivity contribution >= 4 is 11.6 Å². The van der Waals surface area contributed by atoms with Gasteiger partial charge in [-0.25, -0.2) is 0 Å². The summed E-state index contributed by atoms with van der Waals surface area (Å²) in [6.45, 7) is 0.564. The molecular formula is C13H16ClNO. The molecule has 0 radical (unpaired) electrons. The van der Waals surface area contributed by atoms with Gasteiger partial charge >= 0.3 is 0 Å². The Morgan fingerprint density at radius 3 is 2.69 bits per heavy atom. The van der Waals surface area contributed by atoms with Crippen molar-refractivity contribution in [2.45, 2.75) is 32.3 Å². The standard InChI is InChI=1S/C13H16ClNO/c14-12-8-6-11(7-9-12)10-16-15-13-4-2-1-3-5-13/h4,6-9,15H,1-3,5,10H2. The Morgan fingerprint density at radius 1 is 1.19 bits per heavy atom. The molecule has 0 fully saturated rings. The monoisotopic (exact) mass is 237 g/mol. The van der Waals surface area contributed by atoms with Crippen molar-refractivity contribution in [3.05, 3.63) is 46.6 Å². The number of allylic oxidation sites excluding steroid dienone is 2. The molecular weight excluding hydrogens is 222 g/mol. The third kappa shape index (κ3) is 3.54. The number of rotatable bonds is 4. The zero-order valence-corrected chi connectivity index (χ0v) is 9.96. The second-order valence-corrected chi connectivity index (χ2v) is 4.43. The number of hydrogen-bond acceptors (Lipinski definition) is 2. The van der Waals surface area contributed by atoms with Gasteiger partial charge in [-0.1, -0.05) is 29.8 Å². The van der Waals surface area contributed by atoms with Crippen LogP contribution in [0.5, 0.6) is 0 Å². The molecule has 1 aliphatic rings. The van der Waals surface area contributed by atoms with Crippen LogP contribution in [-0.4, -0.2) is 0 Å². The van der Waals surface area contributed by atoms with E-state index in [9.17, 15) is 0 Å². The summed E-state index contributed by atoms with van der Waals surface area (Å²) in [5.74, 6) is 0. The molecule has 0 bridgehead atoms. The summed E-state index contributed by atoms with van der Waals surface area (Å²) in [4.78, 5) is 5.44. The molecule has 0 spiro atoms. The number of hydrogen-bond donors (Lipinski definition) is 1. The fraction of sp³-hybridized carbons (Fsp3) is 0.385. The molecule has 1 N–H and O–H groups in total. The summed E-state index contributed by atoms with van der Waals surface area (Å²) in [7, 11) is 0. The van der Waals surface area contributed by atoms with E-state index < -0.39 is 0 Å². The van der Waals surface area contributed by atoms with Crippen molar-refractivity contribution in [1.29, 1.82) is 0 Å². The summed E-state index contributed by atoms with van der Waals surface area (Å²) in [6, 6.07) is 7.69. The van der Waals surface area contributed by atoms with Crippen molar-refractivity contribution in [2.75, 3.05) is 0 Å². The molecule has 3 heteroatoms. The second kappa shape index (κ2) is 5.92. The minimum absolute atomic E-state index is 0.564. The van der Waals surface area contributed by atoms with Gasteiger partial charge in [0.15, 0.2) is 0 Å². The van der Waals surface area contributed by atoms with Crippen LogP contribution in [0.1, 0.15) is 31.2 Å². The van der Waals surface area contributed by atoms with Gasteiger partial charge in [-0.05, 0) is 43.4 Å². The summed E-state index contributed by atoms with van der Waals surface area (Å²) in [6.07, 6.45) is 7.02. The molecule has 0 atom stereocenters. The van der Waals surface area contributed by atoms with E-state index in [1.165, 1.54) is 18.5 Å². The average molecular weight is 238 g/mol. The second-order valence-electron chi connectivity index (χ2n) is 3.99. The maximum Gasteiger partial charge on any atom is 0.0996 e. The molecule has 1 aliphatic carbocycles. The van der Waals surface area contributed by atoms with Crippen LogP contribution in [-0.2, 0) is 11.4 Å². The third-order valence-electron chi connectivity index (χ3n) is 2.65. The molecule has 86 valence electrons. The first-order chi connectivity index (χ1) is 7.84. The highest BCUT2D eigenvalue weighted by molar-refractivity contribution is 6.30. The van der Waals surface area contributed by atoms with Crippen molar-refractivity contribution < 1.29 is 4.84 Å². The molecule has 2 nitrogen and oxygen atoms in total. The Kier molecular flexibility index (Phi) is 4.25. The molecule has 0 heterocycles. The Bertz CT molecular complexity index is 359. The average Bonchev–Trinajstić information content (AvgIpc) is 2.33. The lowest BCUT2D eigenvalue weighted by atomic mass is 10.1. The molecule has 0 saturated carbocycles. The van der Waals surface area contributed by atoms with Crippen molar-refractivity contribution in [1.82, 2.24) is 5.48 Å². The highest BCUT2D eigenvalue weighted by Gasteiger charge is 2.02. The highest BCUT2D eigenvalue weighted by Crippen LogP contribution is 2.15. The van der Waals surface area contributed by atoms with Crippen LogP contribution in [0.15, 0.2) is 36.0 Å². The van der Waals surface area contributed by atoms with Crippen LogP contribution < -0.4 is 5.48 Å². The number of nitrogens with one attached hydrogen (secondary N) is 1. The topological polar surface area (TPSA) is 21.3 Å². The van der Waals surface area contributed by atoms with Gasteiger partial charge in [0.05, 0.1) is 6.61 Å². The number of halogens is 1. The summed E-state index contributed by atoms with van der Waals surface area (Å²) < 4.78 is 0. The first-order valence-corrected chi connectivity index (χ1v) is 6.04.